The third-order valence-electron chi connectivity index (χ3n) is 7.00. The van der Waals surface area contributed by atoms with Crippen LogP contribution in [0.25, 0.3) is 0 Å². The Bertz CT molecular complexity index is 1040. The van der Waals surface area contributed by atoms with Crippen LogP contribution in [0.3, 0.4) is 0 Å². The van der Waals surface area contributed by atoms with Gasteiger partial charge in [0.1, 0.15) is 5.75 Å². The molecule has 0 amide bonds. The number of ketones is 1. The third-order valence-corrected chi connectivity index (χ3v) is 7.00. The second kappa shape index (κ2) is 9.27. The van der Waals surface area contributed by atoms with Crippen molar-refractivity contribution >= 4 is 5.78 Å². The van der Waals surface area contributed by atoms with E-state index in [1.807, 2.05) is 12.1 Å². The van der Waals surface area contributed by atoms with Gasteiger partial charge in [-0.15, -0.1) is 0 Å². The Balaban J connectivity index is 1.44. The topological polar surface area (TPSA) is 32.8 Å². The van der Waals surface area contributed by atoms with Gasteiger partial charge in [-0.05, 0) is 28.8 Å². The van der Waals surface area contributed by atoms with E-state index in [2.05, 4.69) is 82.6 Å². The number of carbonyl (C=O) groups excluding carboxylic acids is 1. The highest BCUT2D eigenvalue weighted by Gasteiger charge is 2.45. The Morgan fingerprint density at radius 3 is 2.09 bits per heavy atom. The van der Waals surface area contributed by atoms with Gasteiger partial charge in [0.2, 0.25) is 0 Å². The molecule has 3 aliphatic rings. The van der Waals surface area contributed by atoms with Crippen LogP contribution >= 0.6 is 0 Å². The number of rotatable bonds is 6. The number of Topliss-reactive ketones (excluding diaryl/α,β-unsaturated/α-hetero) is 1. The second-order valence-electron chi connectivity index (χ2n) is 8.96. The summed E-state index contributed by atoms with van der Waals surface area (Å²) in [5, 5.41) is 0. The Morgan fingerprint density at radius 2 is 1.41 bits per heavy atom. The van der Waals surface area contributed by atoms with Crippen LogP contribution in [0.5, 0.6) is 5.75 Å². The predicted molar refractivity (Wildman–Crippen MR) is 127 cm³/mol. The van der Waals surface area contributed by atoms with Crippen molar-refractivity contribution in [2.75, 3.05) is 20.2 Å². The van der Waals surface area contributed by atoms with Crippen LogP contribution in [-0.4, -0.2) is 47.9 Å². The molecule has 3 fully saturated rings. The zero-order chi connectivity index (χ0) is 21.9. The maximum Gasteiger partial charge on any atom is 0.151 e. The molecule has 0 aromatic heterocycles. The Morgan fingerprint density at radius 1 is 0.781 bits per heavy atom. The molecule has 2 bridgehead atoms. The van der Waals surface area contributed by atoms with Crippen LogP contribution in [0, 0.1) is 0 Å². The molecule has 0 N–H and O–H groups in total. The molecule has 32 heavy (non-hydrogen) atoms. The van der Waals surface area contributed by atoms with Crippen molar-refractivity contribution in [3.05, 3.63) is 102 Å². The van der Waals surface area contributed by atoms with Gasteiger partial charge in [0.25, 0.3) is 0 Å². The molecule has 0 aliphatic carbocycles. The van der Waals surface area contributed by atoms with Gasteiger partial charge in [0, 0.05) is 44.6 Å². The normalized spacial score (nSPS) is 23.8. The zero-order valence-corrected chi connectivity index (χ0v) is 18.6. The number of carbonyl (C=O) groups is 1. The zero-order valence-electron chi connectivity index (χ0n) is 18.6. The van der Waals surface area contributed by atoms with Crippen molar-refractivity contribution in [2.24, 2.45) is 0 Å². The average Bonchev–Trinajstić information content (AvgIpc) is 3.06. The summed E-state index contributed by atoms with van der Waals surface area (Å²) >= 11 is 0. The molecule has 0 radical (unpaired) electrons. The van der Waals surface area contributed by atoms with Crippen molar-refractivity contribution in [1.29, 1.82) is 0 Å². The van der Waals surface area contributed by atoms with Gasteiger partial charge < -0.3 is 4.74 Å². The fourth-order valence-electron chi connectivity index (χ4n) is 5.31. The van der Waals surface area contributed by atoms with E-state index in [4.69, 9.17) is 4.74 Å². The SMILES string of the molecule is COc1ccc(CN2C[C@H]3[C@H](c4ccccc4)CC(=O)[C@@H]2CN3Cc2ccccc2)cc1. The highest BCUT2D eigenvalue weighted by molar-refractivity contribution is 5.86. The van der Waals surface area contributed by atoms with Gasteiger partial charge in [-0.1, -0.05) is 72.8 Å². The largest absolute Gasteiger partial charge is 0.497 e. The lowest BCUT2D eigenvalue weighted by atomic mass is 9.87. The van der Waals surface area contributed by atoms with Crippen LogP contribution in [-0.2, 0) is 17.9 Å². The van der Waals surface area contributed by atoms with Crippen molar-refractivity contribution < 1.29 is 9.53 Å². The van der Waals surface area contributed by atoms with Crippen LogP contribution in [0.2, 0.25) is 0 Å². The minimum absolute atomic E-state index is 0.0641. The fraction of sp³-hybridized carbons (Fsp3) is 0.321. The molecule has 4 nitrogen and oxygen atoms in total. The highest BCUT2D eigenvalue weighted by Crippen LogP contribution is 2.37. The Hall–Kier alpha value is -2.95. The van der Waals surface area contributed by atoms with Crippen LogP contribution in [0.4, 0.5) is 0 Å². The lowest BCUT2D eigenvalue weighted by Crippen LogP contribution is -2.58. The fourth-order valence-corrected chi connectivity index (χ4v) is 5.31. The first-order valence-corrected chi connectivity index (χ1v) is 11.4. The first-order chi connectivity index (χ1) is 15.7. The molecule has 3 aliphatic heterocycles. The molecular formula is C28H30N2O2. The van der Waals surface area contributed by atoms with Crippen molar-refractivity contribution in [3.63, 3.8) is 0 Å². The van der Waals surface area contributed by atoms with E-state index in [0.29, 0.717) is 18.2 Å². The average molecular weight is 427 g/mol. The van der Waals surface area contributed by atoms with E-state index < -0.39 is 0 Å². The Kier molecular flexibility index (Phi) is 6.06. The minimum atomic E-state index is -0.0641. The van der Waals surface area contributed by atoms with Gasteiger partial charge in [-0.2, -0.15) is 0 Å². The molecule has 0 saturated carbocycles. The molecule has 4 heteroatoms. The summed E-state index contributed by atoms with van der Waals surface area (Å²) in [6.07, 6.45) is 0.615. The number of hydrogen-bond donors (Lipinski definition) is 0. The third kappa shape index (κ3) is 4.34. The van der Waals surface area contributed by atoms with E-state index >= 15 is 0 Å². The monoisotopic (exact) mass is 426 g/mol. The van der Waals surface area contributed by atoms with Crippen molar-refractivity contribution in [2.45, 2.75) is 37.5 Å². The van der Waals surface area contributed by atoms with E-state index in [1.54, 1.807) is 7.11 Å². The number of nitrogens with zero attached hydrogens (tertiary/aromatic N) is 2. The Labute approximate surface area is 190 Å². The lowest BCUT2D eigenvalue weighted by Gasteiger charge is -2.45. The van der Waals surface area contributed by atoms with Crippen LogP contribution in [0.1, 0.15) is 29.0 Å². The lowest BCUT2D eigenvalue weighted by molar-refractivity contribution is -0.125. The van der Waals surface area contributed by atoms with Gasteiger partial charge in [0.15, 0.2) is 5.78 Å². The summed E-state index contributed by atoms with van der Waals surface area (Å²) in [6, 6.07) is 29.7. The maximum absolute atomic E-state index is 13.5. The summed E-state index contributed by atoms with van der Waals surface area (Å²) in [5.41, 5.74) is 3.80. The summed E-state index contributed by atoms with van der Waals surface area (Å²) in [6.45, 7) is 3.36. The van der Waals surface area contributed by atoms with Gasteiger partial charge in [0.05, 0.1) is 13.2 Å². The first kappa shape index (κ1) is 20.9. The number of piperazine rings is 1. The second-order valence-corrected chi connectivity index (χ2v) is 8.96. The number of ether oxygens (including phenoxy) is 1. The van der Waals surface area contributed by atoms with Crippen molar-refractivity contribution in [1.82, 2.24) is 9.80 Å². The summed E-state index contributed by atoms with van der Waals surface area (Å²) in [4.78, 5) is 18.4. The standard InChI is InChI=1S/C28H30N2O2/c1-32-24-14-12-22(13-15-24)18-30-19-26-25(23-10-6-3-7-11-23)16-28(31)27(30)20-29(26)17-21-8-4-2-5-9-21/h2-15,25-27H,16-20H2,1H3/t25-,26-,27-/m0/s1. The molecule has 3 aromatic carbocycles. The molecule has 3 atom stereocenters. The number of benzene rings is 3. The molecular weight excluding hydrogens is 396 g/mol. The van der Waals surface area contributed by atoms with E-state index in [-0.39, 0.29) is 12.0 Å². The van der Waals surface area contributed by atoms with E-state index in [1.165, 1.54) is 16.7 Å². The smallest absolute Gasteiger partial charge is 0.151 e. The maximum atomic E-state index is 13.5. The summed E-state index contributed by atoms with van der Waals surface area (Å²) in [5.74, 6) is 1.45. The summed E-state index contributed by atoms with van der Waals surface area (Å²) < 4.78 is 5.30. The molecule has 0 spiro atoms. The number of fused-ring (bicyclic) bond motifs is 4. The molecule has 6 rings (SSSR count). The summed E-state index contributed by atoms with van der Waals surface area (Å²) in [7, 11) is 1.69. The molecule has 3 heterocycles. The van der Waals surface area contributed by atoms with Crippen LogP contribution < -0.4 is 4.74 Å². The van der Waals surface area contributed by atoms with Gasteiger partial charge >= 0.3 is 0 Å². The molecule has 0 unspecified atom stereocenters. The van der Waals surface area contributed by atoms with Crippen molar-refractivity contribution in [3.8, 4) is 5.75 Å². The number of methoxy groups -OCH3 is 1. The first-order valence-electron chi connectivity index (χ1n) is 11.4. The molecule has 3 saturated heterocycles. The molecule has 164 valence electrons. The van der Waals surface area contributed by atoms with Gasteiger partial charge in [-0.3, -0.25) is 14.6 Å². The van der Waals surface area contributed by atoms with Crippen LogP contribution in [0.15, 0.2) is 84.9 Å². The molecule has 3 aromatic rings. The van der Waals surface area contributed by atoms with E-state index in [9.17, 15) is 4.79 Å². The van der Waals surface area contributed by atoms with Gasteiger partial charge in [-0.25, -0.2) is 0 Å². The minimum Gasteiger partial charge on any atom is -0.497 e. The quantitative estimate of drug-likeness (QED) is 0.581. The predicted octanol–water partition coefficient (Wildman–Crippen LogP) is 4.51. The van der Waals surface area contributed by atoms with E-state index in [0.717, 1.165) is 31.9 Å². The highest BCUT2D eigenvalue weighted by atomic mass is 16.5. The number of hydrogen-bond acceptors (Lipinski definition) is 4.